The number of unbranched alkanes of at least 4 members (excludes halogenated alkanes) is 2. The molecule has 0 saturated carbocycles. The number of halogens is 1. The quantitative estimate of drug-likeness (QED) is 0.355. The predicted octanol–water partition coefficient (Wildman–Crippen LogP) is 2.30. The Labute approximate surface area is 100 Å². The molecule has 17 heavy (non-hydrogen) atoms. The summed E-state index contributed by atoms with van der Waals surface area (Å²) in [6, 6.07) is 0. The first-order valence-corrected chi connectivity index (χ1v) is 5.36. The Morgan fingerprint density at radius 1 is 1.12 bits per heavy atom. The molecule has 0 aliphatic carbocycles. The topological polar surface area (TPSA) is 52.6 Å². The summed E-state index contributed by atoms with van der Waals surface area (Å²) in [6.07, 6.45) is 2.43. The summed E-state index contributed by atoms with van der Waals surface area (Å²) < 4.78 is 22.0. The maximum absolute atomic E-state index is 12.9. The second-order valence-corrected chi connectivity index (χ2v) is 3.27. The van der Waals surface area contributed by atoms with Gasteiger partial charge >= 0.3 is 11.9 Å². The Bertz CT molecular complexity index is 276. The summed E-state index contributed by atoms with van der Waals surface area (Å²) in [5, 5.41) is 0. The number of esters is 2. The second kappa shape index (κ2) is 9.57. The number of carbonyl (C=O) groups excluding carboxylic acids is 2. The van der Waals surface area contributed by atoms with Crippen molar-refractivity contribution in [2.45, 2.75) is 32.0 Å². The van der Waals surface area contributed by atoms with Crippen LogP contribution in [-0.4, -0.2) is 24.9 Å². The van der Waals surface area contributed by atoms with Crippen molar-refractivity contribution in [3.05, 3.63) is 25.3 Å². The maximum Gasteiger partial charge on any atom is 0.332 e. The van der Waals surface area contributed by atoms with Gasteiger partial charge in [0.05, 0.1) is 6.61 Å². The molecule has 4 nitrogen and oxygen atoms in total. The van der Waals surface area contributed by atoms with Gasteiger partial charge in [-0.2, -0.15) is 0 Å². The summed E-state index contributed by atoms with van der Waals surface area (Å²) in [5.41, 5.74) is 0. The van der Waals surface area contributed by atoms with Crippen LogP contribution in [-0.2, 0) is 19.1 Å². The highest BCUT2D eigenvalue weighted by molar-refractivity contribution is 5.81. The molecular weight excluding hydrogens is 227 g/mol. The molecule has 0 saturated heterocycles. The largest absolute Gasteiger partial charge is 0.463 e. The van der Waals surface area contributed by atoms with Crippen LogP contribution in [0.4, 0.5) is 4.39 Å². The smallest absolute Gasteiger partial charge is 0.332 e. The lowest BCUT2D eigenvalue weighted by Gasteiger charge is -2.07. The molecule has 0 N–H and O–H groups in total. The highest BCUT2D eigenvalue weighted by Gasteiger charge is 2.09. The third-order valence-corrected chi connectivity index (χ3v) is 1.90. The van der Waals surface area contributed by atoms with Crippen molar-refractivity contribution in [1.82, 2.24) is 0 Å². The van der Waals surface area contributed by atoms with Crippen molar-refractivity contribution >= 4 is 11.9 Å². The zero-order chi connectivity index (χ0) is 13.1. The van der Waals surface area contributed by atoms with Gasteiger partial charge in [-0.05, 0) is 19.3 Å². The van der Waals surface area contributed by atoms with Gasteiger partial charge in [0.1, 0.15) is 0 Å². The zero-order valence-corrected chi connectivity index (χ0v) is 9.69. The van der Waals surface area contributed by atoms with Crippen LogP contribution < -0.4 is 0 Å². The van der Waals surface area contributed by atoms with E-state index in [0.29, 0.717) is 19.3 Å². The Morgan fingerprint density at radius 2 is 1.76 bits per heavy atom. The normalized spacial score (nSPS) is 11.4. The minimum Gasteiger partial charge on any atom is -0.463 e. The van der Waals surface area contributed by atoms with Gasteiger partial charge in [0.25, 0.3) is 0 Å². The van der Waals surface area contributed by atoms with Crippen LogP contribution in [0.3, 0.4) is 0 Å². The minimum atomic E-state index is -1.60. The fourth-order valence-corrected chi connectivity index (χ4v) is 1.05. The lowest BCUT2D eigenvalue weighted by molar-refractivity contribution is -0.152. The van der Waals surface area contributed by atoms with Crippen molar-refractivity contribution in [3.8, 4) is 0 Å². The highest BCUT2D eigenvalue weighted by atomic mass is 19.1. The van der Waals surface area contributed by atoms with Gasteiger partial charge in [0.15, 0.2) is 0 Å². The summed E-state index contributed by atoms with van der Waals surface area (Å²) >= 11 is 0. The average Bonchev–Trinajstić information content (AvgIpc) is 2.32. The number of hydrogen-bond acceptors (Lipinski definition) is 4. The minimum absolute atomic E-state index is 0.134. The molecule has 0 bridgehead atoms. The van der Waals surface area contributed by atoms with E-state index >= 15 is 0 Å². The van der Waals surface area contributed by atoms with Gasteiger partial charge in [0, 0.05) is 18.6 Å². The molecule has 96 valence electrons. The van der Waals surface area contributed by atoms with Crippen LogP contribution in [0, 0.1) is 0 Å². The molecule has 0 aromatic carbocycles. The summed E-state index contributed by atoms with van der Waals surface area (Å²) in [6.45, 7) is 6.70. The third kappa shape index (κ3) is 9.29. The van der Waals surface area contributed by atoms with Crippen LogP contribution in [0.2, 0.25) is 0 Å². The van der Waals surface area contributed by atoms with E-state index < -0.39 is 18.3 Å². The van der Waals surface area contributed by atoms with Gasteiger partial charge in [-0.15, -0.1) is 0 Å². The van der Waals surface area contributed by atoms with Crippen molar-refractivity contribution in [2.75, 3.05) is 6.61 Å². The second-order valence-electron chi connectivity index (χ2n) is 3.27. The number of rotatable bonds is 9. The van der Waals surface area contributed by atoms with Crippen molar-refractivity contribution in [3.63, 3.8) is 0 Å². The molecule has 0 radical (unpaired) electrons. The molecule has 0 aliphatic rings. The molecule has 0 spiro atoms. The monoisotopic (exact) mass is 244 g/mol. The lowest BCUT2D eigenvalue weighted by atomic mass is 10.2. The van der Waals surface area contributed by atoms with Gasteiger partial charge < -0.3 is 9.47 Å². The lowest BCUT2D eigenvalue weighted by Crippen LogP contribution is -2.11. The molecule has 5 heteroatoms. The fraction of sp³-hybridized carbons (Fsp3) is 0.500. The SMILES string of the molecule is C=CC(=O)OCCCCCC(F)OC(=O)C=C. The van der Waals surface area contributed by atoms with E-state index in [1.807, 2.05) is 0 Å². The van der Waals surface area contributed by atoms with Crippen molar-refractivity contribution in [2.24, 2.45) is 0 Å². The zero-order valence-electron chi connectivity index (χ0n) is 9.69. The van der Waals surface area contributed by atoms with E-state index in [9.17, 15) is 14.0 Å². The van der Waals surface area contributed by atoms with E-state index in [-0.39, 0.29) is 13.0 Å². The van der Waals surface area contributed by atoms with Gasteiger partial charge in [0.2, 0.25) is 6.36 Å². The molecule has 0 aliphatic heterocycles. The summed E-state index contributed by atoms with van der Waals surface area (Å²) in [5.74, 6) is -1.23. The molecule has 1 unspecified atom stereocenters. The van der Waals surface area contributed by atoms with Crippen LogP contribution in [0.1, 0.15) is 25.7 Å². The molecule has 0 aromatic heterocycles. The molecule has 0 amide bonds. The molecule has 0 aromatic rings. The van der Waals surface area contributed by atoms with E-state index in [2.05, 4.69) is 17.9 Å². The predicted molar refractivity (Wildman–Crippen MR) is 60.8 cm³/mol. The molecule has 1 atom stereocenters. The Balaban J connectivity index is 3.39. The Morgan fingerprint density at radius 3 is 2.35 bits per heavy atom. The number of alkyl halides is 1. The Kier molecular flexibility index (Phi) is 8.64. The van der Waals surface area contributed by atoms with Gasteiger partial charge in [-0.25, -0.2) is 14.0 Å². The van der Waals surface area contributed by atoms with E-state index in [1.54, 1.807) is 0 Å². The third-order valence-electron chi connectivity index (χ3n) is 1.90. The average molecular weight is 244 g/mol. The standard InChI is InChI=1S/C12H17FO4/c1-3-11(14)16-9-7-5-6-8-10(13)17-12(15)4-2/h3-4,10H,1-2,5-9H2. The maximum atomic E-state index is 12.9. The number of ether oxygens (including phenoxy) is 2. The van der Waals surface area contributed by atoms with E-state index in [4.69, 9.17) is 4.74 Å². The molecule has 0 rings (SSSR count). The molecule has 0 fully saturated rings. The summed E-state index contributed by atoms with van der Waals surface area (Å²) in [7, 11) is 0. The number of hydrogen-bond donors (Lipinski definition) is 0. The first-order chi connectivity index (χ1) is 8.10. The van der Waals surface area contributed by atoms with Crippen LogP contribution in [0.15, 0.2) is 25.3 Å². The fourth-order valence-electron chi connectivity index (χ4n) is 1.05. The van der Waals surface area contributed by atoms with Gasteiger partial charge in [-0.1, -0.05) is 13.2 Å². The van der Waals surface area contributed by atoms with Crippen LogP contribution in [0.5, 0.6) is 0 Å². The highest BCUT2D eigenvalue weighted by Crippen LogP contribution is 2.08. The van der Waals surface area contributed by atoms with E-state index in [0.717, 1.165) is 12.2 Å². The Hall–Kier alpha value is -1.65. The first kappa shape index (κ1) is 15.3. The van der Waals surface area contributed by atoms with Gasteiger partial charge in [-0.3, -0.25) is 0 Å². The first-order valence-electron chi connectivity index (χ1n) is 5.36. The molecular formula is C12H17FO4. The van der Waals surface area contributed by atoms with Crippen LogP contribution >= 0.6 is 0 Å². The number of carbonyl (C=O) groups is 2. The van der Waals surface area contributed by atoms with Crippen molar-refractivity contribution in [1.29, 1.82) is 0 Å². The summed E-state index contributed by atoms with van der Waals surface area (Å²) in [4.78, 5) is 21.3. The van der Waals surface area contributed by atoms with Crippen LogP contribution in [0.25, 0.3) is 0 Å². The van der Waals surface area contributed by atoms with E-state index in [1.165, 1.54) is 0 Å². The van der Waals surface area contributed by atoms with Crippen molar-refractivity contribution < 1.29 is 23.5 Å². The molecule has 0 heterocycles.